The Balaban J connectivity index is 1.69. The lowest BCUT2D eigenvalue weighted by Crippen LogP contribution is -2.54. The van der Waals surface area contributed by atoms with Crippen LogP contribution in [0.3, 0.4) is 0 Å². The molecular weight excluding hydrogens is 300 g/mol. The molecular formula is C20H24N2O2. The molecule has 1 aromatic carbocycles. The number of fused-ring (bicyclic) bond motifs is 4. The minimum absolute atomic E-state index is 0.000980. The van der Waals surface area contributed by atoms with Gasteiger partial charge in [-0.15, -0.1) is 6.58 Å². The molecule has 2 bridgehead atoms. The van der Waals surface area contributed by atoms with Gasteiger partial charge in [0.2, 0.25) is 0 Å². The third-order valence-corrected chi connectivity index (χ3v) is 5.86. The van der Waals surface area contributed by atoms with E-state index < -0.39 is 6.10 Å². The molecule has 2 aromatic rings. The second kappa shape index (κ2) is 6.28. The molecule has 4 heterocycles. The Morgan fingerprint density at radius 2 is 2.25 bits per heavy atom. The van der Waals surface area contributed by atoms with Gasteiger partial charge in [-0.3, -0.25) is 9.88 Å². The summed E-state index contributed by atoms with van der Waals surface area (Å²) in [6.45, 7) is 6.03. The molecule has 0 amide bonds. The Kier molecular flexibility index (Phi) is 4.12. The van der Waals surface area contributed by atoms with Crippen LogP contribution in [-0.4, -0.2) is 39.2 Å². The van der Waals surface area contributed by atoms with E-state index in [1.165, 1.54) is 6.42 Å². The lowest BCUT2D eigenvalue weighted by atomic mass is 9.73. The fourth-order valence-corrected chi connectivity index (χ4v) is 4.48. The van der Waals surface area contributed by atoms with E-state index in [9.17, 15) is 10.2 Å². The standard InChI is InChI=1S/C20H24N2O2/c1-2-14-11-22-8-6-15(14)10-19(22)20(24)16-5-7-21-18-4-3-13(12-23)9-17(16)18/h2-5,7,9,14-15,19-20,23-24H,1,6,8,10-12H2/t14-,15+,19?,20-/m0/s1. The van der Waals surface area contributed by atoms with Gasteiger partial charge in [0, 0.05) is 24.2 Å². The van der Waals surface area contributed by atoms with Gasteiger partial charge in [-0.05, 0) is 60.5 Å². The van der Waals surface area contributed by atoms with Crippen molar-refractivity contribution in [2.75, 3.05) is 13.1 Å². The molecule has 3 fully saturated rings. The summed E-state index contributed by atoms with van der Waals surface area (Å²) in [6, 6.07) is 7.82. The summed E-state index contributed by atoms with van der Waals surface area (Å²) < 4.78 is 0. The van der Waals surface area contributed by atoms with Crippen LogP contribution >= 0.6 is 0 Å². The van der Waals surface area contributed by atoms with Gasteiger partial charge in [0.1, 0.15) is 0 Å². The Bertz CT molecular complexity index is 760. The smallest absolute Gasteiger partial charge is 0.0952 e. The number of hydrogen-bond acceptors (Lipinski definition) is 4. The summed E-state index contributed by atoms with van der Waals surface area (Å²) in [5.74, 6) is 1.19. The zero-order valence-corrected chi connectivity index (χ0v) is 13.8. The fraction of sp³-hybridized carbons (Fsp3) is 0.450. The number of benzene rings is 1. The normalized spacial score (nSPS) is 30.4. The van der Waals surface area contributed by atoms with Crippen LogP contribution in [0.1, 0.15) is 30.1 Å². The van der Waals surface area contributed by atoms with Crippen LogP contribution in [0.5, 0.6) is 0 Å². The summed E-state index contributed by atoms with van der Waals surface area (Å²) in [5.41, 5.74) is 2.63. The SMILES string of the molecule is C=C[C@H]1CN2CC[C@@H]1CC2[C@@H](O)c1ccnc2ccc(CO)cc12. The van der Waals surface area contributed by atoms with E-state index in [1.807, 2.05) is 24.3 Å². The van der Waals surface area contributed by atoms with Crippen molar-refractivity contribution in [3.05, 3.63) is 54.2 Å². The van der Waals surface area contributed by atoms with Crippen molar-refractivity contribution in [1.82, 2.24) is 9.88 Å². The molecule has 126 valence electrons. The summed E-state index contributed by atoms with van der Waals surface area (Å²) in [4.78, 5) is 6.81. The topological polar surface area (TPSA) is 56.6 Å². The summed E-state index contributed by atoms with van der Waals surface area (Å²) >= 11 is 0. The van der Waals surface area contributed by atoms with E-state index in [1.54, 1.807) is 6.20 Å². The van der Waals surface area contributed by atoms with Crippen molar-refractivity contribution in [3.63, 3.8) is 0 Å². The predicted octanol–water partition coefficient (Wildman–Crippen LogP) is 2.66. The second-order valence-corrected chi connectivity index (χ2v) is 7.10. The van der Waals surface area contributed by atoms with Crippen LogP contribution in [-0.2, 0) is 6.61 Å². The molecule has 5 rings (SSSR count). The highest BCUT2D eigenvalue weighted by Gasteiger charge is 2.42. The Labute approximate surface area is 142 Å². The maximum absolute atomic E-state index is 11.1. The first kappa shape index (κ1) is 15.8. The van der Waals surface area contributed by atoms with Crippen molar-refractivity contribution >= 4 is 10.9 Å². The molecule has 3 aliphatic rings. The minimum atomic E-state index is -0.530. The number of rotatable bonds is 4. The van der Waals surface area contributed by atoms with E-state index in [0.717, 1.165) is 41.5 Å². The summed E-state index contributed by atoms with van der Waals surface area (Å²) in [5, 5.41) is 21.5. The minimum Gasteiger partial charge on any atom is -0.392 e. The molecule has 1 aromatic heterocycles. The lowest BCUT2D eigenvalue weighted by molar-refractivity contribution is -0.0444. The van der Waals surface area contributed by atoms with Crippen molar-refractivity contribution in [3.8, 4) is 0 Å². The highest BCUT2D eigenvalue weighted by molar-refractivity contribution is 5.83. The molecule has 4 heteroatoms. The van der Waals surface area contributed by atoms with Crippen molar-refractivity contribution in [2.24, 2.45) is 11.8 Å². The van der Waals surface area contributed by atoms with Gasteiger partial charge in [-0.1, -0.05) is 12.1 Å². The molecule has 0 spiro atoms. The van der Waals surface area contributed by atoms with E-state index in [4.69, 9.17) is 0 Å². The molecule has 2 N–H and O–H groups in total. The molecule has 0 saturated carbocycles. The van der Waals surface area contributed by atoms with E-state index in [0.29, 0.717) is 11.8 Å². The van der Waals surface area contributed by atoms with Gasteiger partial charge in [-0.2, -0.15) is 0 Å². The lowest BCUT2D eigenvalue weighted by Gasteiger charge is -2.50. The van der Waals surface area contributed by atoms with Gasteiger partial charge >= 0.3 is 0 Å². The molecule has 0 aliphatic carbocycles. The van der Waals surface area contributed by atoms with Gasteiger partial charge in [0.15, 0.2) is 0 Å². The molecule has 2 unspecified atom stereocenters. The van der Waals surface area contributed by atoms with Crippen LogP contribution < -0.4 is 0 Å². The fourth-order valence-electron chi connectivity index (χ4n) is 4.48. The average molecular weight is 324 g/mol. The quantitative estimate of drug-likeness (QED) is 0.849. The average Bonchev–Trinajstić information content (AvgIpc) is 2.66. The zero-order chi connectivity index (χ0) is 16.7. The Morgan fingerprint density at radius 1 is 1.38 bits per heavy atom. The van der Waals surface area contributed by atoms with E-state index >= 15 is 0 Å². The highest BCUT2D eigenvalue weighted by Crippen LogP contribution is 2.42. The summed E-state index contributed by atoms with van der Waals surface area (Å²) in [6.07, 6.45) is 5.53. The molecule has 4 nitrogen and oxygen atoms in total. The van der Waals surface area contributed by atoms with E-state index in [-0.39, 0.29) is 12.6 Å². The first-order chi connectivity index (χ1) is 11.7. The number of aliphatic hydroxyl groups excluding tert-OH is 2. The third kappa shape index (κ3) is 2.55. The van der Waals surface area contributed by atoms with Crippen LogP contribution in [0.4, 0.5) is 0 Å². The van der Waals surface area contributed by atoms with E-state index in [2.05, 4.69) is 22.5 Å². The number of pyridine rings is 1. The van der Waals surface area contributed by atoms with Crippen LogP contribution in [0, 0.1) is 11.8 Å². The highest BCUT2D eigenvalue weighted by atomic mass is 16.3. The predicted molar refractivity (Wildman–Crippen MR) is 94.4 cm³/mol. The number of hydrogen-bond donors (Lipinski definition) is 2. The van der Waals surface area contributed by atoms with Gasteiger partial charge < -0.3 is 10.2 Å². The number of nitrogens with zero attached hydrogens (tertiary/aromatic N) is 2. The molecule has 3 saturated heterocycles. The zero-order valence-electron chi connectivity index (χ0n) is 13.8. The number of aliphatic hydroxyl groups is 2. The molecule has 3 aliphatic heterocycles. The van der Waals surface area contributed by atoms with Gasteiger partial charge in [-0.25, -0.2) is 0 Å². The van der Waals surface area contributed by atoms with Crippen LogP contribution in [0.2, 0.25) is 0 Å². The second-order valence-electron chi connectivity index (χ2n) is 7.10. The Hall–Kier alpha value is -1.75. The first-order valence-corrected chi connectivity index (χ1v) is 8.74. The van der Waals surface area contributed by atoms with Crippen molar-refractivity contribution in [1.29, 1.82) is 0 Å². The summed E-state index contributed by atoms with van der Waals surface area (Å²) in [7, 11) is 0. The van der Waals surface area contributed by atoms with Crippen LogP contribution in [0.25, 0.3) is 10.9 Å². The van der Waals surface area contributed by atoms with Gasteiger partial charge in [0.05, 0.1) is 18.2 Å². The monoisotopic (exact) mass is 324 g/mol. The number of aromatic nitrogens is 1. The molecule has 5 atom stereocenters. The largest absolute Gasteiger partial charge is 0.392 e. The molecule has 0 radical (unpaired) electrons. The van der Waals surface area contributed by atoms with Crippen molar-refractivity contribution in [2.45, 2.75) is 31.6 Å². The first-order valence-electron chi connectivity index (χ1n) is 8.74. The molecule has 24 heavy (non-hydrogen) atoms. The third-order valence-electron chi connectivity index (χ3n) is 5.86. The maximum Gasteiger partial charge on any atom is 0.0952 e. The maximum atomic E-state index is 11.1. The van der Waals surface area contributed by atoms with Crippen molar-refractivity contribution < 1.29 is 10.2 Å². The number of piperidine rings is 3. The Morgan fingerprint density at radius 3 is 2.96 bits per heavy atom. The van der Waals surface area contributed by atoms with Crippen LogP contribution in [0.15, 0.2) is 43.1 Å². The van der Waals surface area contributed by atoms with Gasteiger partial charge in [0.25, 0.3) is 0 Å².